The molecule has 0 aliphatic heterocycles. The van der Waals surface area contributed by atoms with Gasteiger partial charge < -0.3 is 10.1 Å². The Hall–Kier alpha value is -2.29. The van der Waals surface area contributed by atoms with E-state index in [-0.39, 0.29) is 19.4 Å². The lowest BCUT2D eigenvalue weighted by atomic mass is 10.1. The van der Waals surface area contributed by atoms with Crippen LogP contribution in [0.2, 0.25) is 0 Å². The Bertz CT molecular complexity index is 566. The first kappa shape index (κ1) is 16.8. The van der Waals surface area contributed by atoms with E-state index < -0.39 is 0 Å². The monoisotopic (exact) mass is 285 g/mol. The molecule has 21 heavy (non-hydrogen) atoms. The first-order valence-corrected chi connectivity index (χ1v) is 6.79. The molecule has 0 unspecified atom stereocenters. The standard InChI is InChI=1S/C17H19NO2.CH4/c1-3-20-16-11-7-10-15(12-16)17(19)18-13(2)14-8-5-4-6-9-14;/h4-13H,3H2,1-2H3,(H,18,19);1H4/t13-;/m1./s1. The van der Waals surface area contributed by atoms with E-state index >= 15 is 0 Å². The van der Waals surface area contributed by atoms with Crippen LogP contribution in [0.15, 0.2) is 54.6 Å². The Balaban J connectivity index is 0.00000220. The normalized spacial score (nSPS) is 11.1. The Morgan fingerprint density at radius 1 is 1.14 bits per heavy atom. The summed E-state index contributed by atoms with van der Waals surface area (Å²) in [6, 6.07) is 17.1. The van der Waals surface area contributed by atoms with Crippen LogP contribution in [-0.4, -0.2) is 12.5 Å². The first-order valence-electron chi connectivity index (χ1n) is 6.79. The third-order valence-electron chi connectivity index (χ3n) is 3.05. The van der Waals surface area contributed by atoms with Crippen LogP contribution in [0.5, 0.6) is 5.75 Å². The lowest BCUT2D eigenvalue weighted by Gasteiger charge is -2.14. The van der Waals surface area contributed by atoms with Gasteiger partial charge in [-0.25, -0.2) is 0 Å². The molecule has 0 saturated heterocycles. The number of carbonyl (C=O) groups excluding carboxylic acids is 1. The minimum Gasteiger partial charge on any atom is -0.494 e. The number of amides is 1. The number of ether oxygens (including phenoxy) is 1. The van der Waals surface area contributed by atoms with Crippen LogP contribution in [0.25, 0.3) is 0 Å². The van der Waals surface area contributed by atoms with Gasteiger partial charge in [-0.1, -0.05) is 43.8 Å². The van der Waals surface area contributed by atoms with E-state index in [1.54, 1.807) is 12.1 Å². The van der Waals surface area contributed by atoms with Gasteiger partial charge in [0.05, 0.1) is 12.6 Å². The molecule has 0 bridgehead atoms. The van der Waals surface area contributed by atoms with Crippen LogP contribution >= 0.6 is 0 Å². The summed E-state index contributed by atoms with van der Waals surface area (Å²) < 4.78 is 5.41. The van der Waals surface area contributed by atoms with E-state index in [2.05, 4.69) is 5.32 Å². The van der Waals surface area contributed by atoms with Crippen LogP contribution in [-0.2, 0) is 0 Å². The van der Waals surface area contributed by atoms with E-state index in [1.807, 2.05) is 56.3 Å². The third kappa shape index (κ3) is 4.63. The van der Waals surface area contributed by atoms with Crippen molar-refractivity contribution in [3.63, 3.8) is 0 Å². The molecule has 0 aromatic heterocycles. The molecule has 0 heterocycles. The molecule has 1 amide bonds. The van der Waals surface area contributed by atoms with Gasteiger partial charge in [-0.3, -0.25) is 4.79 Å². The Morgan fingerprint density at radius 2 is 1.86 bits per heavy atom. The van der Waals surface area contributed by atoms with Crippen LogP contribution in [0.4, 0.5) is 0 Å². The molecule has 0 saturated carbocycles. The average Bonchev–Trinajstić information content (AvgIpc) is 2.48. The van der Waals surface area contributed by atoms with Gasteiger partial charge in [-0.05, 0) is 37.6 Å². The summed E-state index contributed by atoms with van der Waals surface area (Å²) in [7, 11) is 0. The maximum atomic E-state index is 12.2. The molecular formula is C18H23NO2. The first-order chi connectivity index (χ1) is 9.70. The summed E-state index contributed by atoms with van der Waals surface area (Å²) in [6.07, 6.45) is 0. The van der Waals surface area contributed by atoms with Gasteiger partial charge in [0.2, 0.25) is 0 Å². The van der Waals surface area contributed by atoms with Crippen molar-refractivity contribution in [1.29, 1.82) is 0 Å². The molecule has 1 atom stereocenters. The highest BCUT2D eigenvalue weighted by molar-refractivity contribution is 5.94. The minimum absolute atomic E-state index is 0. The van der Waals surface area contributed by atoms with Crippen molar-refractivity contribution in [2.24, 2.45) is 0 Å². The molecular weight excluding hydrogens is 262 g/mol. The van der Waals surface area contributed by atoms with Crippen molar-refractivity contribution in [2.75, 3.05) is 6.61 Å². The smallest absolute Gasteiger partial charge is 0.251 e. The summed E-state index contributed by atoms with van der Waals surface area (Å²) >= 11 is 0. The fourth-order valence-corrected chi connectivity index (χ4v) is 2.00. The van der Waals surface area contributed by atoms with Gasteiger partial charge in [0.25, 0.3) is 5.91 Å². The zero-order chi connectivity index (χ0) is 14.4. The van der Waals surface area contributed by atoms with E-state index in [1.165, 1.54) is 0 Å². The number of benzene rings is 2. The van der Waals surface area contributed by atoms with Crippen LogP contribution in [0, 0.1) is 0 Å². The Kier molecular flexibility index (Phi) is 6.47. The highest BCUT2D eigenvalue weighted by Crippen LogP contribution is 2.16. The number of hydrogen-bond donors (Lipinski definition) is 1. The number of nitrogens with one attached hydrogen (secondary N) is 1. The second kappa shape index (κ2) is 8.10. The molecule has 0 spiro atoms. The predicted octanol–water partition coefficient (Wildman–Crippen LogP) is 4.21. The fraction of sp³-hybridized carbons (Fsp3) is 0.278. The highest BCUT2D eigenvalue weighted by Gasteiger charge is 2.11. The molecule has 3 heteroatoms. The molecule has 2 aromatic rings. The second-order valence-electron chi connectivity index (χ2n) is 4.57. The van der Waals surface area contributed by atoms with Crippen molar-refractivity contribution in [3.8, 4) is 5.75 Å². The lowest BCUT2D eigenvalue weighted by Crippen LogP contribution is -2.26. The quantitative estimate of drug-likeness (QED) is 0.893. The zero-order valence-electron chi connectivity index (χ0n) is 11.8. The Labute approximate surface area is 127 Å². The molecule has 2 aromatic carbocycles. The van der Waals surface area contributed by atoms with Crippen LogP contribution < -0.4 is 10.1 Å². The molecule has 1 N–H and O–H groups in total. The van der Waals surface area contributed by atoms with E-state index in [0.717, 1.165) is 5.56 Å². The highest BCUT2D eigenvalue weighted by atomic mass is 16.5. The molecule has 0 radical (unpaired) electrons. The maximum absolute atomic E-state index is 12.2. The van der Waals surface area contributed by atoms with Gasteiger partial charge >= 0.3 is 0 Å². The molecule has 0 fully saturated rings. The summed E-state index contributed by atoms with van der Waals surface area (Å²) in [5.74, 6) is 0.621. The lowest BCUT2D eigenvalue weighted by molar-refractivity contribution is 0.0939. The average molecular weight is 285 g/mol. The van der Waals surface area contributed by atoms with Crippen LogP contribution in [0.1, 0.15) is 43.2 Å². The SMILES string of the molecule is C.CCOc1cccc(C(=O)N[C@H](C)c2ccccc2)c1. The fourth-order valence-electron chi connectivity index (χ4n) is 2.00. The van der Waals surface area contributed by atoms with Gasteiger partial charge in [0, 0.05) is 5.56 Å². The van der Waals surface area contributed by atoms with Crippen molar-refractivity contribution < 1.29 is 9.53 Å². The Morgan fingerprint density at radius 3 is 2.52 bits per heavy atom. The molecule has 3 nitrogen and oxygen atoms in total. The van der Waals surface area contributed by atoms with Gasteiger partial charge in [-0.2, -0.15) is 0 Å². The van der Waals surface area contributed by atoms with Crippen molar-refractivity contribution >= 4 is 5.91 Å². The number of carbonyl (C=O) groups is 1. The van der Waals surface area contributed by atoms with Crippen molar-refractivity contribution in [2.45, 2.75) is 27.3 Å². The van der Waals surface area contributed by atoms with Crippen LogP contribution in [0.3, 0.4) is 0 Å². The number of hydrogen-bond acceptors (Lipinski definition) is 2. The van der Waals surface area contributed by atoms with E-state index in [0.29, 0.717) is 17.9 Å². The van der Waals surface area contributed by atoms with E-state index in [9.17, 15) is 4.79 Å². The van der Waals surface area contributed by atoms with Crippen molar-refractivity contribution in [3.05, 3.63) is 65.7 Å². The predicted molar refractivity (Wildman–Crippen MR) is 86.7 cm³/mol. The third-order valence-corrected chi connectivity index (χ3v) is 3.05. The topological polar surface area (TPSA) is 38.3 Å². The van der Waals surface area contributed by atoms with E-state index in [4.69, 9.17) is 4.74 Å². The zero-order valence-corrected chi connectivity index (χ0v) is 11.8. The van der Waals surface area contributed by atoms with Gasteiger partial charge in [-0.15, -0.1) is 0 Å². The van der Waals surface area contributed by atoms with Crippen molar-refractivity contribution in [1.82, 2.24) is 5.32 Å². The van der Waals surface area contributed by atoms with Gasteiger partial charge in [0.1, 0.15) is 5.75 Å². The summed E-state index contributed by atoms with van der Waals surface area (Å²) in [5, 5.41) is 2.99. The summed E-state index contributed by atoms with van der Waals surface area (Å²) in [6.45, 7) is 4.48. The molecule has 0 aliphatic carbocycles. The summed E-state index contributed by atoms with van der Waals surface area (Å²) in [4.78, 5) is 12.2. The largest absolute Gasteiger partial charge is 0.494 e. The second-order valence-corrected chi connectivity index (χ2v) is 4.57. The molecule has 2 rings (SSSR count). The minimum atomic E-state index is -0.0945. The molecule has 0 aliphatic rings. The molecule has 112 valence electrons. The summed E-state index contributed by atoms with van der Waals surface area (Å²) in [5.41, 5.74) is 1.69. The van der Waals surface area contributed by atoms with Gasteiger partial charge in [0.15, 0.2) is 0 Å². The maximum Gasteiger partial charge on any atom is 0.251 e. The number of rotatable bonds is 5.